The molecule has 146 valence electrons. The minimum atomic E-state index is -0.887. The summed E-state index contributed by atoms with van der Waals surface area (Å²) in [6.45, 7) is 0. The van der Waals surface area contributed by atoms with Crippen LogP contribution in [-0.4, -0.2) is 30.2 Å². The van der Waals surface area contributed by atoms with E-state index in [4.69, 9.17) is 5.11 Å². The Kier molecular flexibility index (Phi) is 6.48. The van der Waals surface area contributed by atoms with E-state index < -0.39 is 5.97 Å². The van der Waals surface area contributed by atoms with Crippen molar-refractivity contribution in [1.82, 2.24) is 10.6 Å². The van der Waals surface area contributed by atoms with Crippen molar-refractivity contribution >= 4 is 22.8 Å². The molecular weight excluding hydrogens is 352 g/mol. The number of benzene rings is 1. The fourth-order valence-corrected chi connectivity index (χ4v) is 3.65. The molecule has 4 rings (SSSR count). The van der Waals surface area contributed by atoms with E-state index in [1.165, 1.54) is 19.3 Å². The van der Waals surface area contributed by atoms with Crippen LogP contribution in [0.1, 0.15) is 42.5 Å². The first-order valence-corrected chi connectivity index (χ1v) is 9.71. The minimum Gasteiger partial charge on any atom is -0.478 e. The van der Waals surface area contributed by atoms with Crippen LogP contribution < -0.4 is 10.6 Å². The van der Waals surface area contributed by atoms with Crippen molar-refractivity contribution in [1.29, 1.82) is 0 Å². The second-order valence-corrected chi connectivity index (χ2v) is 7.09. The summed E-state index contributed by atoms with van der Waals surface area (Å²) in [6, 6.07) is 17.7. The highest BCUT2D eigenvalue weighted by Crippen LogP contribution is 2.33. The molecule has 0 spiro atoms. The van der Waals surface area contributed by atoms with E-state index in [2.05, 4.69) is 16.7 Å². The van der Waals surface area contributed by atoms with Gasteiger partial charge in [-0.05, 0) is 52.9 Å². The number of hydrogen-bond donors (Lipinski definition) is 3. The number of carbonyl (C=O) groups is 2. The maximum Gasteiger partial charge on any atom is 0.335 e. The van der Waals surface area contributed by atoms with Crippen molar-refractivity contribution in [2.75, 3.05) is 7.05 Å². The van der Waals surface area contributed by atoms with Crippen LogP contribution in [0.4, 0.5) is 4.79 Å². The first-order chi connectivity index (χ1) is 13.6. The van der Waals surface area contributed by atoms with Crippen LogP contribution in [0.25, 0.3) is 21.9 Å². The quantitative estimate of drug-likeness (QED) is 0.594. The number of amides is 2. The Morgan fingerprint density at radius 1 is 0.964 bits per heavy atom. The molecule has 0 atom stereocenters. The van der Waals surface area contributed by atoms with Gasteiger partial charge in [-0.3, -0.25) is 0 Å². The van der Waals surface area contributed by atoms with Crippen molar-refractivity contribution < 1.29 is 14.7 Å². The van der Waals surface area contributed by atoms with Gasteiger partial charge in [0.2, 0.25) is 0 Å². The summed E-state index contributed by atoms with van der Waals surface area (Å²) < 4.78 is 0. The number of carbonyl (C=O) groups excluding carboxylic acids is 1. The lowest BCUT2D eigenvalue weighted by Crippen LogP contribution is -2.41. The molecule has 1 aromatic rings. The lowest BCUT2D eigenvalue weighted by molar-refractivity contribution is 0.0697. The number of rotatable bonds is 2. The van der Waals surface area contributed by atoms with E-state index in [0.717, 1.165) is 34.7 Å². The molecule has 2 amide bonds. The minimum absolute atomic E-state index is 0.0445. The van der Waals surface area contributed by atoms with Crippen LogP contribution in [0.3, 0.4) is 0 Å². The molecule has 0 aliphatic heterocycles. The molecule has 3 N–H and O–H groups in total. The summed E-state index contributed by atoms with van der Waals surface area (Å²) in [5.74, 6) is -0.887. The molecule has 3 aliphatic rings. The molecule has 0 radical (unpaired) electrons. The first-order valence-electron chi connectivity index (χ1n) is 9.71. The second-order valence-electron chi connectivity index (χ2n) is 7.09. The van der Waals surface area contributed by atoms with E-state index in [1.807, 2.05) is 36.4 Å². The third kappa shape index (κ3) is 4.80. The zero-order valence-electron chi connectivity index (χ0n) is 16.1. The summed E-state index contributed by atoms with van der Waals surface area (Å²) in [4.78, 5) is 21.8. The van der Waals surface area contributed by atoms with Crippen molar-refractivity contribution in [3.05, 3.63) is 60.2 Å². The average molecular weight is 378 g/mol. The summed E-state index contributed by atoms with van der Waals surface area (Å²) in [6.07, 6.45) is 6.14. The first kappa shape index (κ1) is 19.7. The zero-order chi connectivity index (χ0) is 19.9. The summed E-state index contributed by atoms with van der Waals surface area (Å²) >= 11 is 0. The van der Waals surface area contributed by atoms with Crippen LogP contribution in [0.15, 0.2) is 54.6 Å². The molecule has 5 heteroatoms. The van der Waals surface area contributed by atoms with Gasteiger partial charge in [-0.2, -0.15) is 0 Å². The van der Waals surface area contributed by atoms with Gasteiger partial charge in [0, 0.05) is 13.1 Å². The highest BCUT2D eigenvalue weighted by atomic mass is 16.4. The average Bonchev–Trinajstić information content (AvgIpc) is 2.89. The van der Waals surface area contributed by atoms with Crippen molar-refractivity contribution in [3.63, 3.8) is 0 Å². The Balaban J connectivity index is 0.000000178. The van der Waals surface area contributed by atoms with Gasteiger partial charge in [-0.25, -0.2) is 9.59 Å². The van der Waals surface area contributed by atoms with Gasteiger partial charge >= 0.3 is 12.0 Å². The molecule has 28 heavy (non-hydrogen) atoms. The summed E-state index contributed by atoms with van der Waals surface area (Å²) in [5.41, 5.74) is 2.55. The number of fused-ring (bicyclic) bond motifs is 3. The zero-order valence-corrected chi connectivity index (χ0v) is 16.1. The molecule has 1 aromatic carbocycles. The summed E-state index contributed by atoms with van der Waals surface area (Å²) in [7, 11) is 1.65. The SMILES string of the molecule is CNC(=O)NC1CCCCC1.O=C(O)c1ccc2cc3cccccc-3c2c1. The fraction of sp³-hybridized carbons (Fsp3) is 0.304. The maximum absolute atomic E-state index is 11.0. The molecule has 3 aliphatic carbocycles. The molecule has 5 nitrogen and oxygen atoms in total. The van der Waals surface area contributed by atoms with Crippen molar-refractivity contribution in [2.24, 2.45) is 0 Å². The Morgan fingerprint density at radius 2 is 1.71 bits per heavy atom. The molecule has 0 heterocycles. The van der Waals surface area contributed by atoms with Gasteiger partial charge < -0.3 is 15.7 Å². The number of carboxylic acid groups (broad SMARTS) is 1. The van der Waals surface area contributed by atoms with Gasteiger partial charge in [0.05, 0.1) is 5.56 Å². The third-order valence-corrected chi connectivity index (χ3v) is 5.14. The van der Waals surface area contributed by atoms with Gasteiger partial charge in [0.25, 0.3) is 0 Å². The maximum atomic E-state index is 11.0. The predicted octanol–water partition coefficient (Wildman–Crippen LogP) is 4.89. The molecule has 0 unspecified atom stereocenters. The van der Waals surface area contributed by atoms with E-state index in [0.29, 0.717) is 11.6 Å². The van der Waals surface area contributed by atoms with Crippen LogP contribution in [0.5, 0.6) is 0 Å². The topological polar surface area (TPSA) is 78.4 Å². The van der Waals surface area contributed by atoms with E-state index >= 15 is 0 Å². The normalized spacial score (nSPS) is 14.2. The Morgan fingerprint density at radius 3 is 2.43 bits per heavy atom. The Labute approximate surface area is 165 Å². The van der Waals surface area contributed by atoms with Crippen LogP contribution in [0, 0.1) is 0 Å². The van der Waals surface area contributed by atoms with Gasteiger partial charge in [0.1, 0.15) is 0 Å². The third-order valence-electron chi connectivity index (χ3n) is 5.14. The molecule has 1 fully saturated rings. The van der Waals surface area contributed by atoms with Crippen LogP contribution in [0.2, 0.25) is 0 Å². The number of nitrogens with one attached hydrogen (secondary N) is 2. The fourth-order valence-electron chi connectivity index (χ4n) is 3.65. The Hall–Kier alpha value is -3.08. The molecule has 0 bridgehead atoms. The van der Waals surface area contributed by atoms with Gasteiger partial charge in [-0.15, -0.1) is 0 Å². The summed E-state index contributed by atoms with van der Waals surface area (Å²) in [5, 5.41) is 16.6. The molecular formula is C23H26N2O3. The van der Waals surface area contributed by atoms with E-state index in [9.17, 15) is 9.59 Å². The van der Waals surface area contributed by atoms with Crippen LogP contribution >= 0.6 is 0 Å². The second kappa shape index (κ2) is 9.22. The lowest BCUT2D eigenvalue weighted by atomic mass is 9.96. The largest absolute Gasteiger partial charge is 0.478 e. The molecule has 1 saturated carbocycles. The number of carboxylic acids is 1. The monoisotopic (exact) mass is 378 g/mol. The number of hydrogen-bond acceptors (Lipinski definition) is 2. The van der Waals surface area contributed by atoms with E-state index in [-0.39, 0.29) is 6.03 Å². The number of urea groups is 1. The predicted molar refractivity (Wildman–Crippen MR) is 112 cm³/mol. The number of aromatic carboxylic acids is 1. The Bertz CT molecular complexity index is 932. The van der Waals surface area contributed by atoms with E-state index in [1.54, 1.807) is 19.2 Å². The van der Waals surface area contributed by atoms with Crippen LogP contribution in [-0.2, 0) is 0 Å². The van der Waals surface area contributed by atoms with Gasteiger partial charge in [-0.1, -0.05) is 55.7 Å². The highest BCUT2D eigenvalue weighted by molar-refractivity contribution is 6.05. The molecule has 0 aromatic heterocycles. The van der Waals surface area contributed by atoms with Crippen molar-refractivity contribution in [3.8, 4) is 11.1 Å². The highest BCUT2D eigenvalue weighted by Gasteiger charge is 2.14. The van der Waals surface area contributed by atoms with Crippen molar-refractivity contribution in [2.45, 2.75) is 38.1 Å². The smallest absolute Gasteiger partial charge is 0.335 e. The molecule has 0 saturated heterocycles. The van der Waals surface area contributed by atoms with Gasteiger partial charge in [0.15, 0.2) is 0 Å². The standard InChI is InChI=1S/C15H10O2.C8H16N2O/c16-15(17)12-7-6-11-8-10-4-2-1-3-5-13(10)14(11)9-12;1-9-8(11)10-7-5-3-2-4-6-7/h1-9H,(H,16,17);7H,2-6H2,1H3,(H2,9,10,11). The lowest BCUT2D eigenvalue weighted by Gasteiger charge is -2.22.